The molecule has 0 atom stereocenters. The highest BCUT2D eigenvalue weighted by atomic mass is 79.9. The fourth-order valence-electron chi connectivity index (χ4n) is 1.42. The molecule has 0 saturated carbocycles. The quantitative estimate of drug-likeness (QED) is 0.869. The minimum absolute atomic E-state index is 0.0138. The fraction of sp³-hybridized carbons (Fsp3) is 0.333. The zero-order valence-electron chi connectivity index (χ0n) is 9.87. The van der Waals surface area contributed by atoms with Crippen LogP contribution in [0.5, 0.6) is 0 Å². The average molecular weight is 315 g/mol. The van der Waals surface area contributed by atoms with Crippen molar-refractivity contribution in [3.8, 4) is 0 Å². The second-order valence-electron chi connectivity index (χ2n) is 3.86. The van der Waals surface area contributed by atoms with E-state index >= 15 is 0 Å². The Bertz CT molecular complexity index is 448. The van der Waals surface area contributed by atoms with Gasteiger partial charge in [0, 0.05) is 30.0 Å². The Labute approximate surface area is 115 Å². The number of halogens is 1. The van der Waals surface area contributed by atoms with Gasteiger partial charge in [-0.3, -0.25) is 4.79 Å². The number of nitrogens with two attached hydrogens (primary N) is 1. The Morgan fingerprint density at radius 1 is 1.53 bits per heavy atom. The zero-order chi connectivity index (χ0) is 13.0. The molecule has 0 unspecified atom stereocenters. The molecule has 5 heteroatoms. The molecule has 0 aromatic heterocycles. The highest BCUT2D eigenvalue weighted by Gasteiger charge is 2.14. The predicted octanol–water partition coefficient (Wildman–Crippen LogP) is 2.51. The summed E-state index contributed by atoms with van der Waals surface area (Å²) in [5.41, 5.74) is 7.06. The van der Waals surface area contributed by atoms with E-state index in [1.54, 1.807) is 11.9 Å². The summed E-state index contributed by atoms with van der Waals surface area (Å²) in [6, 6.07) is 5.59. The van der Waals surface area contributed by atoms with Crippen LogP contribution in [0.1, 0.15) is 22.3 Å². The van der Waals surface area contributed by atoms with Gasteiger partial charge < -0.3 is 10.6 Å². The van der Waals surface area contributed by atoms with Gasteiger partial charge in [0.2, 0.25) is 0 Å². The summed E-state index contributed by atoms with van der Waals surface area (Å²) in [4.78, 5) is 14.2. The van der Waals surface area contributed by atoms with E-state index < -0.39 is 0 Å². The van der Waals surface area contributed by atoms with E-state index in [1.165, 1.54) is 0 Å². The van der Waals surface area contributed by atoms with Gasteiger partial charge in [0.1, 0.15) is 0 Å². The van der Waals surface area contributed by atoms with Gasteiger partial charge in [0.05, 0.1) is 4.99 Å². The zero-order valence-corrected chi connectivity index (χ0v) is 12.3. The molecule has 0 bridgehead atoms. The molecule has 3 nitrogen and oxygen atoms in total. The molecule has 0 radical (unpaired) electrons. The number of rotatable bonds is 4. The maximum atomic E-state index is 12.2. The molecule has 0 aliphatic rings. The molecule has 1 aromatic rings. The van der Waals surface area contributed by atoms with Crippen molar-refractivity contribution in [1.82, 2.24) is 4.90 Å². The van der Waals surface area contributed by atoms with Gasteiger partial charge >= 0.3 is 0 Å². The van der Waals surface area contributed by atoms with Crippen molar-refractivity contribution in [2.45, 2.75) is 13.3 Å². The van der Waals surface area contributed by atoms with Crippen LogP contribution in [0.4, 0.5) is 0 Å². The molecule has 2 N–H and O–H groups in total. The van der Waals surface area contributed by atoms with Crippen LogP contribution in [0.3, 0.4) is 0 Å². The minimum atomic E-state index is -0.0138. The highest BCUT2D eigenvalue weighted by molar-refractivity contribution is 9.10. The van der Waals surface area contributed by atoms with Crippen LogP contribution < -0.4 is 5.73 Å². The molecule has 1 rings (SSSR count). The molecule has 1 aromatic carbocycles. The number of thiocarbonyl (C=S) groups is 1. The first-order valence-electron chi connectivity index (χ1n) is 5.22. The summed E-state index contributed by atoms with van der Waals surface area (Å²) in [5, 5.41) is 0. The largest absolute Gasteiger partial charge is 0.393 e. The first-order valence-corrected chi connectivity index (χ1v) is 6.42. The van der Waals surface area contributed by atoms with Gasteiger partial charge in [-0.1, -0.05) is 34.2 Å². The number of amides is 1. The van der Waals surface area contributed by atoms with E-state index in [-0.39, 0.29) is 5.91 Å². The van der Waals surface area contributed by atoms with E-state index in [1.807, 2.05) is 25.1 Å². The minimum Gasteiger partial charge on any atom is -0.393 e. The fourth-order valence-corrected chi connectivity index (χ4v) is 1.88. The molecule has 0 spiro atoms. The SMILES string of the molecule is Cc1c(Br)cccc1C(=O)N(C)CCC(N)=S. The highest BCUT2D eigenvalue weighted by Crippen LogP contribution is 2.20. The lowest BCUT2D eigenvalue weighted by atomic mass is 10.1. The first kappa shape index (κ1) is 14.1. The molecule has 0 aliphatic carbocycles. The Kier molecular flexibility index (Phi) is 5.08. The van der Waals surface area contributed by atoms with Crippen molar-refractivity contribution in [2.75, 3.05) is 13.6 Å². The van der Waals surface area contributed by atoms with Crippen molar-refractivity contribution < 1.29 is 4.79 Å². The summed E-state index contributed by atoms with van der Waals surface area (Å²) >= 11 is 8.21. The molecular formula is C12H15BrN2OS. The molecule has 0 heterocycles. The van der Waals surface area contributed by atoms with E-state index in [2.05, 4.69) is 15.9 Å². The van der Waals surface area contributed by atoms with Crippen molar-refractivity contribution in [1.29, 1.82) is 0 Å². The molecule has 17 heavy (non-hydrogen) atoms. The second kappa shape index (κ2) is 6.12. The summed E-state index contributed by atoms with van der Waals surface area (Å²) in [6.07, 6.45) is 0.546. The molecule has 0 fully saturated rings. The second-order valence-corrected chi connectivity index (χ2v) is 5.23. The third kappa shape index (κ3) is 3.78. The van der Waals surface area contributed by atoms with E-state index in [9.17, 15) is 4.79 Å². The standard InChI is InChI=1S/C12H15BrN2OS/c1-8-9(4-3-5-10(8)13)12(16)15(2)7-6-11(14)17/h3-5H,6-7H2,1-2H3,(H2,14,17). The number of hydrogen-bond acceptors (Lipinski definition) is 2. The van der Waals surface area contributed by atoms with Crippen LogP contribution in [0, 0.1) is 6.92 Å². The molecule has 92 valence electrons. The van der Waals surface area contributed by atoms with E-state index in [4.69, 9.17) is 18.0 Å². The van der Waals surface area contributed by atoms with Crippen molar-refractivity contribution in [3.63, 3.8) is 0 Å². The monoisotopic (exact) mass is 314 g/mol. The molecular weight excluding hydrogens is 300 g/mol. The van der Waals surface area contributed by atoms with Gasteiger partial charge in [0.15, 0.2) is 0 Å². The summed E-state index contributed by atoms with van der Waals surface area (Å²) in [7, 11) is 1.75. The third-order valence-corrected chi connectivity index (χ3v) is 3.60. The van der Waals surface area contributed by atoms with Gasteiger partial charge in [-0.2, -0.15) is 0 Å². The Hall–Kier alpha value is -0.940. The number of carbonyl (C=O) groups is 1. The number of hydrogen-bond donors (Lipinski definition) is 1. The van der Waals surface area contributed by atoms with Gasteiger partial charge in [0.25, 0.3) is 5.91 Å². The maximum absolute atomic E-state index is 12.2. The first-order chi connectivity index (χ1) is 7.93. The molecule has 0 saturated heterocycles. The number of carbonyl (C=O) groups excluding carboxylic acids is 1. The summed E-state index contributed by atoms with van der Waals surface area (Å²) < 4.78 is 0.936. The third-order valence-electron chi connectivity index (χ3n) is 2.54. The van der Waals surface area contributed by atoms with Crippen LogP contribution in [-0.2, 0) is 0 Å². The smallest absolute Gasteiger partial charge is 0.253 e. The van der Waals surface area contributed by atoms with E-state index in [0.717, 1.165) is 10.0 Å². The summed E-state index contributed by atoms with van der Waals surface area (Å²) in [5.74, 6) is -0.0138. The Morgan fingerprint density at radius 3 is 2.76 bits per heavy atom. The van der Waals surface area contributed by atoms with Crippen molar-refractivity contribution in [3.05, 3.63) is 33.8 Å². The van der Waals surface area contributed by atoms with Crippen molar-refractivity contribution >= 4 is 39.0 Å². The van der Waals surface area contributed by atoms with Crippen LogP contribution in [0.25, 0.3) is 0 Å². The average Bonchev–Trinajstić information content (AvgIpc) is 2.28. The van der Waals surface area contributed by atoms with Crippen LogP contribution >= 0.6 is 28.1 Å². The Morgan fingerprint density at radius 2 is 2.18 bits per heavy atom. The van der Waals surface area contributed by atoms with Crippen LogP contribution in [-0.4, -0.2) is 29.4 Å². The maximum Gasteiger partial charge on any atom is 0.253 e. The lowest BCUT2D eigenvalue weighted by Crippen LogP contribution is -2.30. The Balaban J connectivity index is 2.82. The van der Waals surface area contributed by atoms with Crippen LogP contribution in [0.15, 0.2) is 22.7 Å². The van der Waals surface area contributed by atoms with Crippen LogP contribution in [0.2, 0.25) is 0 Å². The predicted molar refractivity (Wildman–Crippen MR) is 77.2 cm³/mol. The lowest BCUT2D eigenvalue weighted by Gasteiger charge is -2.18. The molecule has 0 aliphatic heterocycles. The van der Waals surface area contributed by atoms with Gasteiger partial charge in [-0.25, -0.2) is 0 Å². The molecule has 1 amide bonds. The van der Waals surface area contributed by atoms with Gasteiger partial charge in [-0.15, -0.1) is 0 Å². The van der Waals surface area contributed by atoms with E-state index in [0.29, 0.717) is 23.5 Å². The van der Waals surface area contributed by atoms with Gasteiger partial charge in [-0.05, 0) is 24.6 Å². The normalized spacial score (nSPS) is 10.1. The lowest BCUT2D eigenvalue weighted by molar-refractivity contribution is 0.0798. The topological polar surface area (TPSA) is 46.3 Å². The number of benzene rings is 1. The summed E-state index contributed by atoms with van der Waals surface area (Å²) in [6.45, 7) is 2.46. The number of nitrogens with zero attached hydrogens (tertiary/aromatic N) is 1. The van der Waals surface area contributed by atoms with Crippen molar-refractivity contribution in [2.24, 2.45) is 5.73 Å².